The maximum atomic E-state index is 0. The van der Waals surface area contributed by atoms with Crippen LogP contribution in [0.2, 0.25) is 0 Å². The predicted molar refractivity (Wildman–Crippen MR) is 0 cm³/mol. The molecule has 0 aromatic carbocycles. The Bertz CT molecular complexity index is 11.6. The Balaban J connectivity index is 0. The van der Waals surface area contributed by atoms with Crippen LogP contribution in [0.1, 0.15) is 0 Å². The second-order valence-corrected chi connectivity index (χ2v) is 0. The molecule has 0 heterocycles. The maximum absolute atomic E-state index is 0. The van der Waals surface area contributed by atoms with Gasteiger partial charge in [-0.15, -0.1) is 0 Å². The quantitative estimate of drug-likeness (QED) is 0.535. The van der Waals surface area contributed by atoms with Crippen LogP contribution in [0, 0.1) is 0 Å². The van der Waals surface area contributed by atoms with Gasteiger partial charge in [0.2, 0.25) is 0 Å². The molecule has 0 atom stereocenters. The third-order valence-corrected chi connectivity index (χ3v) is 0. The molecule has 0 aliphatic carbocycles. The molecule has 0 amide bonds. The van der Waals surface area contributed by atoms with E-state index in [9.17, 15) is 0 Å². The zero-order chi connectivity index (χ0) is 0. The molecule has 0 aromatic heterocycles. The van der Waals surface area contributed by atoms with E-state index in [1.54, 1.807) is 0 Å². The van der Waals surface area contributed by atoms with E-state index in [1.807, 2.05) is 0 Å². The van der Waals surface area contributed by atoms with Crippen LogP contribution in [0.3, 0.4) is 0 Å². The summed E-state index contributed by atoms with van der Waals surface area (Å²) in [5.41, 5.74) is 0. The van der Waals surface area contributed by atoms with E-state index >= 15 is 0 Å². The fraction of sp³-hybridized carbons (Fsp3) is 0. The van der Waals surface area contributed by atoms with Gasteiger partial charge in [-0.1, -0.05) is 0 Å². The fourth-order valence-electron chi connectivity index (χ4n) is 0. The zero-order valence-corrected chi connectivity index (χ0v) is 9.42. The zero-order valence-electron chi connectivity index (χ0n) is 1.91. The van der Waals surface area contributed by atoms with Crippen LogP contribution in [-0.2, 0) is 94.1 Å². The normalized spacial score (nSPS) is 0. The van der Waals surface area contributed by atoms with Crippen molar-refractivity contribution in [1.82, 2.24) is 0 Å². The molecule has 0 aliphatic rings. The van der Waals surface area contributed by atoms with E-state index < -0.39 is 0 Å². The van der Waals surface area contributed by atoms with E-state index in [4.69, 9.17) is 0 Å². The van der Waals surface area contributed by atoms with Crippen molar-refractivity contribution in [2.75, 3.05) is 0 Å². The standard InChI is InChI=1S/Co.Cr.Mo.Nb.Ni. The first kappa shape index (κ1) is 44.0. The molecule has 0 saturated heterocycles. The van der Waals surface area contributed by atoms with Gasteiger partial charge in [-0.05, 0) is 0 Å². The Morgan fingerprint density at radius 3 is 1.00 bits per heavy atom. The fourth-order valence-corrected chi connectivity index (χ4v) is 0. The summed E-state index contributed by atoms with van der Waals surface area (Å²) in [5.74, 6) is 0. The van der Waals surface area contributed by atoms with Gasteiger partial charge in [0.15, 0.2) is 0 Å². The molecule has 0 saturated carbocycles. The van der Waals surface area contributed by atoms with Crippen molar-refractivity contribution in [1.29, 1.82) is 0 Å². The molecule has 0 bridgehead atoms. The van der Waals surface area contributed by atoms with Gasteiger partial charge in [0.05, 0.1) is 0 Å². The Hall–Kier alpha value is 2.96. The van der Waals surface area contributed by atoms with Crippen LogP contribution >= 0.6 is 0 Å². The van der Waals surface area contributed by atoms with Gasteiger partial charge in [0.1, 0.15) is 0 Å². The van der Waals surface area contributed by atoms with Crippen LogP contribution in [0.25, 0.3) is 0 Å². The summed E-state index contributed by atoms with van der Waals surface area (Å²) in [7, 11) is 0. The molecule has 0 aromatic rings. The van der Waals surface area contributed by atoms with Gasteiger partial charge in [-0.2, -0.15) is 0 Å². The van der Waals surface area contributed by atoms with Crippen molar-refractivity contribution < 1.29 is 94.1 Å². The van der Waals surface area contributed by atoms with Crippen molar-refractivity contribution in [2.24, 2.45) is 0 Å². The number of hydrogen-bond acceptors (Lipinski definition) is 0. The molecule has 5 heteroatoms. The molecule has 0 N–H and O–H groups in total. The average Bonchev–Trinajstić information content (AvgIpc) is 0. The SMILES string of the molecule is [Co].[Cr].[Mo].[Nb].[Ni]. The Morgan fingerprint density at radius 1 is 1.00 bits per heavy atom. The van der Waals surface area contributed by atoms with Gasteiger partial charge in [-0.3, -0.25) is 0 Å². The van der Waals surface area contributed by atoms with Gasteiger partial charge in [0.25, 0.3) is 0 Å². The topological polar surface area (TPSA) is 0 Å². The smallest absolute Gasteiger partial charge is 0 e. The van der Waals surface area contributed by atoms with Crippen molar-refractivity contribution >= 4 is 0 Å². The first-order chi connectivity index (χ1) is 0. The van der Waals surface area contributed by atoms with Crippen molar-refractivity contribution in [3.63, 3.8) is 0 Å². The van der Waals surface area contributed by atoms with Crippen LogP contribution in [0.15, 0.2) is 0 Å². The summed E-state index contributed by atoms with van der Waals surface area (Å²) in [4.78, 5) is 0. The molecule has 5 heavy (non-hydrogen) atoms. The summed E-state index contributed by atoms with van der Waals surface area (Å²) in [6.07, 6.45) is 0. The van der Waals surface area contributed by atoms with Crippen molar-refractivity contribution in [2.45, 2.75) is 0 Å². The van der Waals surface area contributed by atoms with Gasteiger partial charge in [-0.25, -0.2) is 0 Å². The second-order valence-electron chi connectivity index (χ2n) is 0. The molecule has 0 fully saturated rings. The largest absolute Gasteiger partial charge is 0 e. The van der Waals surface area contributed by atoms with E-state index in [2.05, 4.69) is 0 Å². The number of hydrogen-bond donors (Lipinski definition) is 0. The Labute approximate surface area is 92.6 Å². The summed E-state index contributed by atoms with van der Waals surface area (Å²) >= 11 is 0. The van der Waals surface area contributed by atoms with E-state index in [0.29, 0.717) is 0 Å². The summed E-state index contributed by atoms with van der Waals surface area (Å²) < 4.78 is 0. The van der Waals surface area contributed by atoms with Gasteiger partial charge >= 0.3 is 0 Å². The molecule has 0 rings (SSSR count). The third-order valence-electron chi connectivity index (χ3n) is 0. The third kappa shape index (κ3) is 19.5. The number of rotatable bonds is 0. The molecule has 2 radical (unpaired) electrons. The molecule has 36 valence electrons. The molecule has 0 aliphatic heterocycles. The molecule has 0 unspecified atom stereocenters. The average molecular weight is 358 g/mol. The van der Waals surface area contributed by atoms with E-state index in [-0.39, 0.29) is 94.1 Å². The Kier molecular flexibility index (Phi) is 248. The summed E-state index contributed by atoms with van der Waals surface area (Å²) in [6, 6.07) is 0. The Morgan fingerprint density at radius 2 is 1.00 bits per heavy atom. The second kappa shape index (κ2) is 28.2. The molecule has 0 nitrogen and oxygen atoms in total. The molecule has 0 spiro atoms. The van der Waals surface area contributed by atoms with E-state index in [1.165, 1.54) is 0 Å². The minimum Gasteiger partial charge on any atom is 0 e. The monoisotopic (exact) mass is 360 g/mol. The minimum absolute atomic E-state index is 0. The van der Waals surface area contributed by atoms with Gasteiger partial charge < -0.3 is 0 Å². The molecular formula is CoCrMoNbNi. The summed E-state index contributed by atoms with van der Waals surface area (Å²) in [6.45, 7) is 0. The minimum atomic E-state index is 0. The summed E-state index contributed by atoms with van der Waals surface area (Å²) in [5, 5.41) is 0. The molecular weight excluding hydrogens is 358 g/mol. The first-order valence-corrected chi connectivity index (χ1v) is 0. The first-order valence-electron chi connectivity index (χ1n) is 0. The van der Waals surface area contributed by atoms with Crippen LogP contribution < -0.4 is 0 Å². The van der Waals surface area contributed by atoms with Crippen molar-refractivity contribution in [3.8, 4) is 0 Å². The van der Waals surface area contributed by atoms with Crippen LogP contribution in [0.5, 0.6) is 0 Å². The van der Waals surface area contributed by atoms with E-state index in [0.717, 1.165) is 0 Å². The van der Waals surface area contributed by atoms with Gasteiger partial charge in [0, 0.05) is 94.1 Å². The van der Waals surface area contributed by atoms with Crippen LogP contribution in [0.4, 0.5) is 0 Å². The maximum Gasteiger partial charge on any atom is 0 e. The predicted octanol–water partition coefficient (Wildman–Crippen LogP) is -0.0125. The van der Waals surface area contributed by atoms with Crippen LogP contribution in [-0.4, -0.2) is 0 Å². The van der Waals surface area contributed by atoms with Crippen molar-refractivity contribution in [3.05, 3.63) is 0 Å².